The number of rotatable bonds is 1. The van der Waals surface area contributed by atoms with E-state index in [-0.39, 0.29) is 17.2 Å². The fourth-order valence-electron chi connectivity index (χ4n) is 1.54. The summed E-state index contributed by atoms with van der Waals surface area (Å²) in [5.41, 5.74) is 2.44. The minimum absolute atomic E-state index is 0.140. The summed E-state index contributed by atoms with van der Waals surface area (Å²) in [6.07, 6.45) is 0. The van der Waals surface area contributed by atoms with Crippen LogP contribution in [0.1, 0.15) is 5.56 Å². The average Bonchev–Trinajstić information content (AvgIpc) is 2.26. The van der Waals surface area contributed by atoms with Crippen LogP contribution in [-0.2, 0) is 0 Å². The maximum absolute atomic E-state index is 9.40. The lowest BCUT2D eigenvalue weighted by molar-refractivity contribution is 0.404. The highest BCUT2D eigenvalue weighted by Crippen LogP contribution is 2.32. The second-order valence-electron chi connectivity index (χ2n) is 3.70. The van der Waals surface area contributed by atoms with Gasteiger partial charge in [0.05, 0.1) is 0 Å². The Labute approximate surface area is 93.2 Å². The van der Waals surface area contributed by atoms with E-state index in [0.29, 0.717) is 0 Å². The molecule has 2 aromatic rings. The Morgan fingerprint density at radius 2 is 1.25 bits per heavy atom. The number of phenolic OH excluding ortho intramolecular Hbond substituents is 3. The molecule has 0 fully saturated rings. The van der Waals surface area contributed by atoms with Crippen molar-refractivity contribution in [2.45, 2.75) is 6.92 Å². The van der Waals surface area contributed by atoms with E-state index in [1.54, 1.807) is 25.1 Å². The van der Waals surface area contributed by atoms with E-state index in [1.165, 1.54) is 12.1 Å². The van der Waals surface area contributed by atoms with E-state index in [0.717, 1.165) is 16.7 Å². The number of phenols is 3. The molecule has 16 heavy (non-hydrogen) atoms. The van der Waals surface area contributed by atoms with Crippen molar-refractivity contribution in [3.63, 3.8) is 0 Å². The Morgan fingerprint density at radius 1 is 0.688 bits per heavy atom. The van der Waals surface area contributed by atoms with Gasteiger partial charge in [-0.1, -0.05) is 12.1 Å². The van der Waals surface area contributed by atoms with Gasteiger partial charge in [0.15, 0.2) is 11.5 Å². The van der Waals surface area contributed by atoms with Gasteiger partial charge >= 0.3 is 0 Å². The molecule has 3 heteroatoms. The van der Waals surface area contributed by atoms with Crippen LogP contribution in [0.3, 0.4) is 0 Å². The average molecular weight is 216 g/mol. The number of benzene rings is 2. The molecule has 0 amide bonds. The smallest absolute Gasteiger partial charge is 0.158 e. The van der Waals surface area contributed by atoms with Crippen molar-refractivity contribution in [3.05, 3.63) is 42.0 Å². The fourth-order valence-corrected chi connectivity index (χ4v) is 1.54. The molecule has 0 spiro atoms. The van der Waals surface area contributed by atoms with Crippen LogP contribution in [0.4, 0.5) is 0 Å². The maximum Gasteiger partial charge on any atom is 0.158 e. The van der Waals surface area contributed by atoms with Crippen molar-refractivity contribution >= 4 is 0 Å². The molecule has 2 aromatic carbocycles. The lowest BCUT2D eigenvalue weighted by Gasteiger charge is -2.06. The zero-order valence-corrected chi connectivity index (χ0v) is 8.81. The van der Waals surface area contributed by atoms with Crippen molar-refractivity contribution in [1.29, 1.82) is 0 Å². The fraction of sp³-hybridized carbons (Fsp3) is 0.0769. The third-order valence-corrected chi connectivity index (χ3v) is 2.51. The van der Waals surface area contributed by atoms with Crippen molar-refractivity contribution < 1.29 is 15.3 Å². The lowest BCUT2D eigenvalue weighted by Crippen LogP contribution is -1.80. The largest absolute Gasteiger partial charge is 0.508 e. The van der Waals surface area contributed by atoms with Crippen molar-refractivity contribution in [1.82, 2.24) is 0 Å². The summed E-state index contributed by atoms with van der Waals surface area (Å²) < 4.78 is 0. The van der Waals surface area contributed by atoms with E-state index < -0.39 is 0 Å². The van der Waals surface area contributed by atoms with E-state index >= 15 is 0 Å². The third-order valence-electron chi connectivity index (χ3n) is 2.51. The number of aryl methyl sites for hydroxylation is 1. The van der Waals surface area contributed by atoms with E-state index in [9.17, 15) is 15.3 Å². The Bertz CT molecular complexity index is 483. The van der Waals surface area contributed by atoms with E-state index in [1.807, 2.05) is 6.07 Å². The van der Waals surface area contributed by atoms with Crippen LogP contribution >= 0.6 is 0 Å². The molecule has 0 aliphatic heterocycles. The maximum atomic E-state index is 9.40. The van der Waals surface area contributed by atoms with Crippen molar-refractivity contribution in [2.75, 3.05) is 0 Å². The summed E-state index contributed by atoms with van der Waals surface area (Å²) in [6, 6.07) is 9.82. The second-order valence-corrected chi connectivity index (χ2v) is 3.70. The normalized spacial score (nSPS) is 10.3. The van der Waals surface area contributed by atoms with E-state index in [4.69, 9.17) is 0 Å². The quantitative estimate of drug-likeness (QED) is 0.642. The zero-order chi connectivity index (χ0) is 11.7. The molecule has 0 unspecified atom stereocenters. The summed E-state index contributed by atoms with van der Waals surface area (Å²) in [7, 11) is 0. The van der Waals surface area contributed by atoms with Crippen LogP contribution in [-0.4, -0.2) is 15.3 Å². The summed E-state index contributed by atoms with van der Waals surface area (Å²) in [6.45, 7) is 1.80. The van der Waals surface area contributed by atoms with E-state index in [2.05, 4.69) is 0 Å². The minimum atomic E-state index is -0.150. The molecule has 0 aliphatic rings. The number of hydrogen-bond donors (Lipinski definition) is 3. The molecular weight excluding hydrogens is 204 g/mol. The highest BCUT2D eigenvalue weighted by atomic mass is 16.3. The van der Waals surface area contributed by atoms with Crippen LogP contribution in [0.2, 0.25) is 0 Å². The molecule has 0 saturated heterocycles. The molecule has 0 bridgehead atoms. The van der Waals surface area contributed by atoms with Gasteiger partial charge in [0.25, 0.3) is 0 Å². The topological polar surface area (TPSA) is 60.7 Å². The second kappa shape index (κ2) is 3.77. The first kappa shape index (κ1) is 10.4. The molecule has 0 atom stereocenters. The monoisotopic (exact) mass is 216 g/mol. The molecule has 0 heterocycles. The molecule has 0 aromatic heterocycles. The highest BCUT2D eigenvalue weighted by molar-refractivity contribution is 5.68. The third kappa shape index (κ3) is 1.80. The van der Waals surface area contributed by atoms with Crippen molar-refractivity contribution in [2.24, 2.45) is 0 Å². The van der Waals surface area contributed by atoms with Crippen LogP contribution in [0, 0.1) is 6.92 Å². The first-order valence-corrected chi connectivity index (χ1v) is 4.90. The molecule has 2 rings (SSSR count). The van der Waals surface area contributed by atoms with Gasteiger partial charge in [-0.25, -0.2) is 0 Å². The standard InChI is InChI=1S/C13H12O3/c1-8-6-9(2-4-11(8)14)10-3-5-12(15)13(16)7-10/h2-7,14-16H,1H3. The summed E-state index contributed by atoms with van der Waals surface area (Å²) >= 11 is 0. The Morgan fingerprint density at radius 3 is 1.81 bits per heavy atom. The SMILES string of the molecule is Cc1cc(-c2ccc(O)c(O)c2)ccc1O. The molecule has 0 aliphatic carbocycles. The van der Waals surface area contributed by atoms with Gasteiger partial charge in [0.1, 0.15) is 5.75 Å². The first-order valence-electron chi connectivity index (χ1n) is 4.90. The van der Waals surface area contributed by atoms with Gasteiger partial charge in [-0.05, 0) is 47.9 Å². The van der Waals surface area contributed by atoms with Crippen LogP contribution in [0.25, 0.3) is 11.1 Å². The number of hydrogen-bond acceptors (Lipinski definition) is 3. The highest BCUT2D eigenvalue weighted by Gasteiger charge is 2.04. The van der Waals surface area contributed by atoms with Gasteiger partial charge in [-0.3, -0.25) is 0 Å². The molecule has 3 N–H and O–H groups in total. The number of aromatic hydroxyl groups is 3. The van der Waals surface area contributed by atoms with Crippen LogP contribution in [0.15, 0.2) is 36.4 Å². The summed E-state index contributed by atoms with van der Waals surface area (Å²) in [5, 5.41) is 28.0. The molecule has 3 nitrogen and oxygen atoms in total. The summed E-state index contributed by atoms with van der Waals surface area (Å²) in [5.74, 6) is -0.0470. The van der Waals surface area contributed by atoms with Gasteiger partial charge < -0.3 is 15.3 Å². The Balaban J connectivity index is 2.50. The first-order chi connectivity index (χ1) is 7.58. The van der Waals surface area contributed by atoms with Gasteiger partial charge in [0, 0.05) is 0 Å². The zero-order valence-electron chi connectivity index (χ0n) is 8.81. The van der Waals surface area contributed by atoms with Crippen LogP contribution < -0.4 is 0 Å². The molecule has 0 saturated carbocycles. The lowest BCUT2D eigenvalue weighted by atomic mass is 10.0. The Kier molecular flexibility index (Phi) is 2.44. The van der Waals surface area contributed by atoms with Crippen molar-refractivity contribution in [3.8, 4) is 28.4 Å². The van der Waals surface area contributed by atoms with Crippen LogP contribution in [0.5, 0.6) is 17.2 Å². The predicted octanol–water partition coefficient (Wildman–Crippen LogP) is 2.78. The summed E-state index contributed by atoms with van der Waals surface area (Å²) in [4.78, 5) is 0. The molecule has 82 valence electrons. The van der Waals surface area contributed by atoms with Gasteiger partial charge in [-0.2, -0.15) is 0 Å². The van der Waals surface area contributed by atoms with Gasteiger partial charge in [0.2, 0.25) is 0 Å². The Hall–Kier alpha value is -2.16. The van der Waals surface area contributed by atoms with Gasteiger partial charge in [-0.15, -0.1) is 0 Å². The minimum Gasteiger partial charge on any atom is -0.508 e. The molecular formula is C13H12O3. The molecule has 0 radical (unpaired) electrons. The predicted molar refractivity (Wildman–Crippen MR) is 61.6 cm³/mol.